The molecule has 0 unspecified atom stereocenters. The molecule has 0 fully saturated rings. The molecule has 0 aliphatic heterocycles. The first kappa shape index (κ1) is 18.8. The zero-order chi connectivity index (χ0) is 19.2. The predicted octanol–water partition coefficient (Wildman–Crippen LogP) is 4.16. The molecule has 3 aromatic rings. The third-order valence-corrected chi connectivity index (χ3v) is 4.97. The Hall–Kier alpha value is -2.99. The largest absolute Gasteiger partial charge is 0.448 e. The van der Waals surface area contributed by atoms with Crippen LogP contribution in [0.5, 0.6) is 0 Å². The van der Waals surface area contributed by atoms with Crippen LogP contribution >= 0.6 is 11.3 Å². The van der Waals surface area contributed by atoms with Gasteiger partial charge >= 0.3 is 5.97 Å². The van der Waals surface area contributed by atoms with Gasteiger partial charge in [0.15, 0.2) is 6.10 Å². The van der Waals surface area contributed by atoms with Crippen LogP contribution in [0, 0.1) is 0 Å². The fourth-order valence-electron chi connectivity index (χ4n) is 2.54. The smallest absolute Gasteiger partial charge is 0.351 e. The van der Waals surface area contributed by atoms with Gasteiger partial charge in [-0.25, -0.2) is 9.78 Å². The summed E-state index contributed by atoms with van der Waals surface area (Å²) in [4.78, 5) is 29.7. The Labute approximate surface area is 162 Å². The highest BCUT2D eigenvalue weighted by atomic mass is 32.1. The van der Waals surface area contributed by atoms with Gasteiger partial charge in [-0.2, -0.15) is 0 Å². The lowest BCUT2D eigenvalue weighted by molar-refractivity contribution is -0.128. The van der Waals surface area contributed by atoms with Gasteiger partial charge in [0, 0.05) is 17.7 Å². The number of benzene rings is 2. The van der Waals surface area contributed by atoms with Crippen LogP contribution < -0.4 is 5.32 Å². The molecule has 1 N–H and O–H groups in total. The summed E-state index contributed by atoms with van der Waals surface area (Å²) in [7, 11) is 0. The van der Waals surface area contributed by atoms with Crippen LogP contribution in [0.25, 0.3) is 21.8 Å². The summed E-state index contributed by atoms with van der Waals surface area (Å²) in [6.07, 6.45) is -0.872. The highest BCUT2D eigenvalue weighted by molar-refractivity contribution is 7.17. The standard InChI is InChI=1S/C21H20N2O3S/c1-3-22-19(24)14(2)26-21(25)18-17(15-10-6-4-7-11-15)23-20(27-18)16-12-8-5-9-13-16/h4-14H,3H2,1-2H3,(H,22,24)/t14-/m0/s1. The number of ether oxygens (including phenoxy) is 1. The van der Waals surface area contributed by atoms with Crippen LogP contribution in [0.1, 0.15) is 23.5 Å². The second-order valence-corrected chi connectivity index (χ2v) is 6.87. The Bertz CT molecular complexity index is 923. The predicted molar refractivity (Wildman–Crippen MR) is 107 cm³/mol. The molecule has 0 saturated carbocycles. The number of amides is 1. The Morgan fingerprint density at radius 1 is 1.04 bits per heavy atom. The van der Waals surface area contributed by atoms with Crippen molar-refractivity contribution >= 4 is 23.2 Å². The second kappa shape index (κ2) is 8.60. The summed E-state index contributed by atoms with van der Waals surface area (Å²) in [5.41, 5.74) is 2.32. The summed E-state index contributed by atoms with van der Waals surface area (Å²) in [6, 6.07) is 19.2. The molecule has 3 rings (SSSR count). The SMILES string of the molecule is CCNC(=O)[C@H](C)OC(=O)c1sc(-c2ccccc2)nc1-c1ccccc1. The van der Waals surface area contributed by atoms with Gasteiger partial charge in [-0.1, -0.05) is 60.7 Å². The monoisotopic (exact) mass is 380 g/mol. The first-order chi connectivity index (χ1) is 13.1. The lowest BCUT2D eigenvalue weighted by Gasteiger charge is -2.12. The van der Waals surface area contributed by atoms with Crippen molar-refractivity contribution in [2.45, 2.75) is 20.0 Å². The van der Waals surface area contributed by atoms with Crippen LogP contribution in [-0.4, -0.2) is 29.5 Å². The van der Waals surface area contributed by atoms with Gasteiger partial charge in [0.2, 0.25) is 0 Å². The van der Waals surface area contributed by atoms with E-state index in [-0.39, 0.29) is 5.91 Å². The minimum atomic E-state index is -0.872. The van der Waals surface area contributed by atoms with E-state index in [0.717, 1.165) is 16.1 Å². The summed E-state index contributed by atoms with van der Waals surface area (Å²) in [6.45, 7) is 3.86. The number of thiazole rings is 1. The summed E-state index contributed by atoms with van der Waals surface area (Å²) in [5.74, 6) is -0.868. The summed E-state index contributed by atoms with van der Waals surface area (Å²) in [5, 5.41) is 3.38. The molecule has 0 radical (unpaired) electrons. The number of esters is 1. The summed E-state index contributed by atoms with van der Waals surface area (Å²) >= 11 is 1.27. The van der Waals surface area contributed by atoms with Crippen molar-refractivity contribution < 1.29 is 14.3 Å². The minimum Gasteiger partial charge on any atom is -0.448 e. The quantitative estimate of drug-likeness (QED) is 0.652. The molecular formula is C21H20N2O3S. The maximum atomic E-state index is 12.8. The van der Waals surface area contributed by atoms with Crippen molar-refractivity contribution in [3.63, 3.8) is 0 Å². The molecule has 1 heterocycles. The van der Waals surface area contributed by atoms with Gasteiger partial charge in [0.05, 0.1) is 5.69 Å². The summed E-state index contributed by atoms with van der Waals surface area (Å²) < 4.78 is 5.38. The molecule has 138 valence electrons. The number of nitrogens with one attached hydrogen (secondary N) is 1. The Kier molecular flexibility index (Phi) is 5.98. The average Bonchev–Trinajstić information content (AvgIpc) is 3.15. The number of likely N-dealkylation sites (N-methyl/N-ethyl adjacent to an activating group) is 1. The van der Waals surface area contributed by atoms with E-state index in [1.165, 1.54) is 11.3 Å². The van der Waals surface area contributed by atoms with E-state index in [0.29, 0.717) is 17.1 Å². The Balaban J connectivity index is 1.96. The van der Waals surface area contributed by atoms with E-state index in [1.54, 1.807) is 6.92 Å². The lowest BCUT2D eigenvalue weighted by Crippen LogP contribution is -2.35. The van der Waals surface area contributed by atoms with Crippen molar-refractivity contribution in [1.82, 2.24) is 10.3 Å². The topological polar surface area (TPSA) is 68.3 Å². The molecular weight excluding hydrogens is 360 g/mol. The highest BCUT2D eigenvalue weighted by Crippen LogP contribution is 2.34. The molecule has 2 aromatic carbocycles. The van der Waals surface area contributed by atoms with E-state index in [9.17, 15) is 9.59 Å². The van der Waals surface area contributed by atoms with Gasteiger partial charge in [0.1, 0.15) is 9.88 Å². The molecule has 1 atom stereocenters. The second-order valence-electron chi connectivity index (χ2n) is 5.87. The molecule has 6 heteroatoms. The van der Waals surface area contributed by atoms with E-state index in [4.69, 9.17) is 4.74 Å². The van der Waals surface area contributed by atoms with Gasteiger partial charge in [0.25, 0.3) is 5.91 Å². The first-order valence-electron chi connectivity index (χ1n) is 8.70. The zero-order valence-corrected chi connectivity index (χ0v) is 16.0. The average molecular weight is 380 g/mol. The zero-order valence-electron chi connectivity index (χ0n) is 15.1. The van der Waals surface area contributed by atoms with Crippen molar-refractivity contribution in [2.24, 2.45) is 0 Å². The molecule has 0 bridgehead atoms. The number of aromatic nitrogens is 1. The fourth-order valence-corrected chi connectivity index (χ4v) is 3.52. The number of hydrogen-bond acceptors (Lipinski definition) is 5. The van der Waals surface area contributed by atoms with Crippen molar-refractivity contribution in [3.05, 3.63) is 65.5 Å². The third-order valence-electron chi connectivity index (χ3n) is 3.88. The normalized spacial score (nSPS) is 11.6. The van der Waals surface area contributed by atoms with Crippen molar-refractivity contribution in [2.75, 3.05) is 6.54 Å². The minimum absolute atomic E-state index is 0.320. The fraction of sp³-hybridized carbons (Fsp3) is 0.190. The van der Waals surface area contributed by atoms with E-state index < -0.39 is 12.1 Å². The number of carbonyl (C=O) groups is 2. The van der Waals surface area contributed by atoms with Gasteiger partial charge in [-0.3, -0.25) is 4.79 Å². The molecule has 1 aromatic heterocycles. The molecule has 0 aliphatic rings. The Morgan fingerprint density at radius 3 is 2.22 bits per heavy atom. The van der Waals surface area contributed by atoms with Crippen LogP contribution in [0.15, 0.2) is 60.7 Å². The third kappa shape index (κ3) is 4.41. The van der Waals surface area contributed by atoms with Gasteiger partial charge in [-0.15, -0.1) is 11.3 Å². The molecule has 0 spiro atoms. The van der Waals surface area contributed by atoms with Gasteiger partial charge < -0.3 is 10.1 Å². The Morgan fingerprint density at radius 2 is 1.63 bits per heavy atom. The first-order valence-corrected chi connectivity index (χ1v) is 9.52. The number of nitrogens with zero attached hydrogens (tertiary/aromatic N) is 1. The number of carbonyl (C=O) groups excluding carboxylic acids is 2. The maximum Gasteiger partial charge on any atom is 0.351 e. The van der Waals surface area contributed by atoms with Crippen LogP contribution in [0.3, 0.4) is 0 Å². The molecule has 0 saturated heterocycles. The number of rotatable bonds is 6. The van der Waals surface area contributed by atoms with Crippen LogP contribution in [0.2, 0.25) is 0 Å². The van der Waals surface area contributed by atoms with Crippen LogP contribution in [-0.2, 0) is 9.53 Å². The number of hydrogen-bond donors (Lipinski definition) is 1. The molecule has 5 nitrogen and oxygen atoms in total. The molecule has 27 heavy (non-hydrogen) atoms. The van der Waals surface area contributed by atoms with Crippen LogP contribution in [0.4, 0.5) is 0 Å². The molecule has 0 aliphatic carbocycles. The van der Waals surface area contributed by atoms with E-state index >= 15 is 0 Å². The maximum absolute atomic E-state index is 12.8. The van der Waals surface area contributed by atoms with E-state index in [1.807, 2.05) is 67.6 Å². The van der Waals surface area contributed by atoms with E-state index in [2.05, 4.69) is 10.3 Å². The van der Waals surface area contributed by atoms with Crippen molar-refractivity contribution in [3.8, 4) is 21.8 Å². The lowest BCUT2D eigenvalue weighted by atomic mass is 10.1. The molecule has 1 amide bonds. The van der Waals surface area contributed by atoms with Crippen molar-refractivity contribution in [1.29, 1.82) is 0 Å². The van der Waals surface area contributed by atoms with Gasteiger partial charge in [-0.05, 0) is 13.8 Å². The highest BCUT2D eigenvalue weighted by Gasteiger charge is 2.25.